The molecule has 0 aliphatic heterocycles. The first kappa shape index (κ1) is 13.9. The van der Waals surface area contributed by atoms with Crippen LogP contribution >= 0.6 is 12.2 Å². The second kappa shape index (κ2) is 5.44. The van der Waals surface area contributed by atoms with Gasteiger partial charge < -0.3 is 4.90 Å². The summed E-state index contributed by atoms with van der Waals surface area (Å²) in [6.07, 6.45) is 0. The summed E-state index contributed by atoms with van der Waals surface area (Å²) in [4.78, 5) is 13.8. The van der Waals surface area contributed by atoms with Crippen molar-refractivity contribution < 1.29 is 4.79 Å². The standard InChI is InChI=1S/C11H20N4OS/c1-6-14(5)10(16)8(4)15-9(7(2)3)12-13-11(15)17/h7-8H,6H2,1-5H3,(H,13,17). The summed E-state index contributed by atoms with van der Waals surface area (Å²) in [5, 5.41) is 6.94. The van der Waals surface area contributed by atoms with Crippen molar-refractivity contribution in [3.05, 3.63) is 10.6 Å². The molecule has 0 fully saturated rings. The van der Waals surface area contributed by atoms with Gasteiger partial charge in [-0.3, -0.25) is 14.5 Å². The van der Waals surface area contributed by atoms with Gasteiger partial charge in [-0.2, -0.15) is 5.10 Å². The first-order valence-electron chi connectivity index (χ1n) is 5.81. The van der Waals surface area contributed by atoms with Gasteiger partial charge in [-0.05, 0) is 26.1 Å². The normalized spacial score (nSPS) is 12.8. The topological polar surface area (TPSA) is 53.9 Å². The van der Waals surface area contributed by atoms with Crippen molar-refractivity contribution in [2.45, 2.75) is 39.7 Å². The fourth-order valence-electron chi connectivity index (χ4n) is 1.68. The molecule has 0 spiro atoms. The number of hydrogen-bond donors (Lipinski definition) is 1. The smallest absolute Gasteiger partial charge is 0.245 e. The van der Waals surface area contributed by atoms with E-state index in [4.69, 9.17) is 12.2 Å². The van der Waals surface area contributed by atoms with Crippen LogP contribution in [0.3, 0.4) is 0 Å². The molecule has 0 aliphatic carbocycles. The van der Waals surface area contributed by atoms with Crippen molar-refractivity contribution in [2.24, 2.45) is 0 Å². The minimum absolute atomic E-state index is 0.0481. The first-order chi connectivity index (χ1) is 7.90. The van der Waals surface area contributed by atoms with Gasteiger partial charge in [-0.1, -0.05) is 13.8 Å². The van der Waals surface area contributed by atoms with Crippen LogP contribution in [-0.4, -0.2) is 39.2 Å². The lowest BCUT2D eigenvalue weighted by Crippen LogP contribution is -2.33. The molecule has 1 amide bonds. The van der Waals surface area contributed by atoms with Crippen molar-refractivity contribution in [3.8, 4) is 0 Å². The minimum Gasteiger partial charge on any atom is -0.344 e. The number of rotatable bonds is 4. The number of aromatic nitrogens is 3. The Hall–Kier alpha value is -1.17. The largest absolute Gasteiger partial charge is 0.344 e. The van der Waals surface area contributed by atoms with E-state index < -0.39 is 0 Å². The van der Waals surface area contributed by atoms with Crippen molar-refractivity contribution in [1.82, 2.24) is 19.7 Å². The number of aromatic amines is 1. The molecule has 5 nitrogen and oxygen atoms in total. The number of carbonyl (C=O) groups is 1. The summed E-state index contributed by atoms with van der Waals surface area (Å²) in [5.41, 5.74) is 0. The maximum absolute atomic E-state index is 12.1. The number of carbonyl (C=O) groups excluding carboxylic acids is 1. The molecule has 0 radical (unpaired) electrons. The quantitative estimate of drug-likeness (QED) is 0.839. The molecule has 1 heterocycles. The average Bonchev–Trinajstić information content (AvgIpc) is 2.68. The number of H-pyrrole nitrogens is 1. The van der Waals surface area contributed by atoms with Crippen LogP contribution in [0.1, 0.15) is 45.5 Å². The molecule has 1 aromatic heterocycles. The molecule has 0 aromatic carbocycles. The summed E-state index contributed by atoms with van der Waals surface area (Å²) in [6, 6.07) is -0.316. The van der Waals surface area contributed by atoms with Gasteiger partial charge in [0.05, 0.1) is 0 Å². The zero-order valence-corrected chi connectivity index (χ0v) is 11.8. The molecule has 1 unspecified atom stereocenters. The van der Waals surface area contributed by atoms with Crippen LogP contribution in [0.4, 0.5) is 0 Å². The number of amides is 1. The van der Waals surface area contributed by atoms with Crippen LogP contribution in [0.15, 0.2) is 0 Å². The van der Waals surface area contributed by atoms with Gasteiger partial charge in [0, 0.05) is 19.5 Å². The maximum atomic E-state index is 12.1. The van der Waals surface area contributed by atoms with Crippen LogP contribution in [0.25, 0.3) is 0 Å². The molecule has 0 saturated carbocycles. The predicted octanol–water partition coefficient (Wildman–Crippen LogP) is 2.10. The maximum Gasteiger partial charge on any atom is 0.245 e. The number of nitrogens with zero attached hydrogens (tertiary/aromatic N) is 3. The third kappa shape index (κ3) is 2.74. The fourth-order valence-corrected chi connectivity index (χ4v) is 1.98. The van der Waals surface area contributed by atoms with Gasteiger partial charge >= 0.3 is 0 Å². The summed E-state index contributed by atoms with van der Waals surface area (Å²) in [6.45, 7) is 8.55. The van der Waals surface area contributed by atoms with Crippen LogP contribution in [0, 0.1) is 4.77 Å². The van der Waals surface area contributed by atoms with Gasteiger partial charge in [0.25, 0.3) is 0 Å². The predicted molar refractivity (Wildman–Crippen MR) is 69.5 cm³/mol. The van der Waals surface area contributed by atoms with Crippen molar-refractivity contribution >= 4 is 18.1 Å². The Morgan fingerprint density at radius 2 is 2.12 bits per heavy atom. The van der Waals surface area contributed by atoms with E-state index >= 15 is 0 Å². The molecule has 1 N–H and O–H groups in total. The van der Waals surface area contributed by atoms with Crippen LogP contribution in [-0.2, 0) is 4.79 Å². The fraction of sp³-hybridized carbons (Fsp3) is 0.727. The molecule has 1 atom stereocenters. The van der Waals surface area contributed by atoms with Crippen molar-refractivity contribution in [2.75, 3.05) is 13.6 Å². The molecular weight excluding hydrogens is 236 g/mol. The highest BCUT2D eigenvalue weighted by molar-refractivity contribution is 7.71. The lowest BCUT2D eigenvalue weighted by molar-refractivity contribution is -0.132. The van der Waals surface area contributed by atoms with Gasteiger partial charge in [0.15, 0.2) is 4.77 Å². The Labute approximate surface area is 107 Å². The van der Waals surface area contributed by atoms with Crippen LogP contribution in [0.5, 0.6) is 0 Å². The number of likely N-dealkylation sites (N-methyl/N-ethyl adjacent to an activating group) is 1. The van der Waals surface area contributed by atoms with Crippen LogP contribution < -0.4 is 0 Å². The zero-order chi connectivity index (χ0) is 13.2. The highest BCUT2D eigenvalue weighted by Crippen LogP contribution is 2.18. The first-order valence-corrected chi connectivity index (χ1v) is 6.22. The second-order valence-corrected chi connectivity index (χ2v) is 4.83. The molecule has 6 heteroatoms. The van der Waals surface area contributed by atoms with Gasteiger partial charge in [-0.15, -0.1) is 0 Å². The number of hydrogen-bond acceptors (Lipinski definition) is 3. The lowest BCUT2D eigenvalue weighted by atomic mass is 10.2. The number of nitrogens with one attached hydrogen (secondary N) is 1. The molecule has 0 aliphatic rings. The lowest BCUT2D eigenvalue weighted by Gasteiger charge is -2.22. The summed E-state index contributed by atoms with van der Waals surface area (Å²) in [7, 11) is 1.79. The monoisotopic (exact) mass is 256 g/mol. The SMILES string of the molecule is CCN(C)C(=O)C(C)n1c(C(C)C)n[nH]c1=S. The Morgan fingerprint density at radius 3 is 2.59 bits per heavy atom. The molecular formula is C11H20N4OS. The van der Waals surface area contributed by atoms with Crippen LogP contribution in [0.2, 0.25) is 0 Å². The van der Waals surface area contributed by atoms with E-state index in [0.717, 1.165) is 5.82 Å². The van der Waals surface area contributed by atoms with E-state index in [2.05, 4.69) is 10.2 Å². The van der Waals surface area contributed by atoms with Gasteiger partial charge in [0.2, 0.25) is 5.91 Å². The highest BCUT2D eigenvalue weighted by Gasteiger charge is 2.23. The van der Waals surface area contributed by atoms with Crippen molar-refractivity contribution in [3.63, 3.8) is 0 Å². The third-order valence-corrected chi connectivity index (χ3v) is 3.13. The van der Waals surface area contributed by atoms with E-state index in [9.17, 15) is 4.79 Å². The van der Waals surface area contributed by atoms with Gasteiger partial charge in [0.1, 0.15) is 11.9 Å². The summed E-state index contributed by atoms with van der Waals surface area (Å²) >= 11 is 5.18. The summed E-state index contributed by atoms with van der Waals surface area (Å²) in [5.74, 6) is 1.09. The molecule has 17 heavy (non-hydrogen) atoms. The second-order valence-electron chi connectivity index (χ2n) is 4.44. The van der Waals surface area contributed by atoms with E-state index in [0.29, 0.717) is 11.3 Å². The average molecular weight is 256 g/mol. The Kier molecular flexibility index (Phi) is 4.45. The van der Waals surface area contributed by atoms with E-state index in [1.54, 1.807) is 16.5 Å². The molecule has 96 valence electrons. The van der Waals surface area contributed by atoms with E-state index in [1.807, 2.05) is 27.7 Å². The van der Waals surface area contributed by atoms with E-state index in [-0.39, 0.29) is 17.9 Å². The van der Waals surface area contributed by atoms with Gasteiger partial charge in [-0.25, -0.2) is 0 Å². The highest BCUT2D eigenvalue weighted by atomic mass is 32.1. The zero-order valence-electron chi connectivity index (χ0n) is 11.0. The minimum atomic E-state index is -0.316. The Morgan fingerprint density at radius 1 is 1.53 bits per heavy atom. The van der Waals surface area contributed by atoms with Crippen molar-refractivity contribution in [1.29, 1.82) is 0 Å². The summed E-state index contributed by atoms with van der Waals surface area (Å²) < 4.78 is 2.30. The molecule has 0 saturated heterocycles. The Bertz CT molecular complexity index is 449. The molecule has 1 aromatic rings. The molecule has 0 bridgehead atoms. The third-order valence-electron chi connectivity index (χ3n) is 2.84. The molecule has 1 rings (SSSR count). The van der Waals surface area contributed by atoms with E-state index in [1.165, 1.54) is 0 Å². The Balaban J connectivity index is 3.11.